The molecule has 3 aliphatic rings. The SMILES string of the molecule is O=C(O)c1cc(C2CC2)c(CN2[C@@H]3CC[C@H]2C[C@@H](Oc2ncc(C(F)(F)F)cc2Cl)C3)cc1F. The van der Waals surface area contributed by atoms with Gasteiger partial charge >= 0.3 is 12.1 Å². The van der Waals surface area contributed by atoms with Crippen LogP contribution < -0.4 is 4.74 Å². The highest BCUT2D eigenvalue weighted by Gasteiger charge is 2.42. The molecule has 1 aromatic heterocycles. The summed E-state index contributed by atoms with van der Waals surface area (Å²) in [5.74, 6) is -1.71. The number of hydrogen-bond donors (Lipinski definition) is 1. The molecule has 3 heterocycles. The smallest absolute Gasteiger partial charge is 0.417 e. The average molecular weight is 499 g/mol. The van der Waals surface area contributed by atoms with Crippen LogP contribution in [0.5, 0.6) is 5.88 Å². The summed E-state index contributed by atoms with van der Waals surface area (Å²) >= 11 is 6.01. The van der Waals surface area contributed by atoms with E-state index < -0.39 is 23.5 Å². The van der Waals surface area contributed by atoms with Crippen LogP contribution in [0.25, 0.3) is 0 Å². The molecule has 1 N–H and O–H groups in total. The van der Waals surface area contributed by atoms with Gasteiger partial charge in [-0.15, -0.1) is 0 Å². The number of alkyl halides is 3. The van der Waals surface area contributed by atoms with E-state index in [4.69, 9.17) is 16.3 Å². The molecule has 3 atom stereocenters. The van der Waals surface area contributed by atoms with E-state index >= 15 is 0 Å². The highest BCUT2D eigenvalue weighted by molar-refractivity contribution is 6.31. The van der Waals surface area contributed by atoms with Crippen LogP contribution in [-0.4, -0.2) is 39.1 Å². The molecule has 0 spiro atoms. The maximum Gasteiger partial charge on any atom is 0.417 e. The van der Waals surface area contributed by atoms with Crippen LogP contribution in [0.15, 0.2) is 24.4 Å². The van der Waals surface area contributed by atoms with E-state index in [9.17, 15) is 27.5 Å². The zero-order chi connectivity index (χ0) is 24.2. The maximum atomic E-state index is 14.5. The molecule has 1 saturated carbocycles. The molecule has 2 aromatic rings. The molecule has 3 fully saturated rings. The van der Waals surface area contributed by atoms with Gasteiger partial charge in [0.05, 0.1) is 11.1 Å². The summed E-state index contributed by atoms with van der Waals surface area (Å²) in [4.78, 5) is 17.5. The lowest BCUT2D eigenvalue weighted by Gasteiger charge is -2.39. The normalized spacial score (nSPS) is 24.9. The summed E-state index contributed by atoms with van der Waals surface area (Å²) < 4.78 is 59.0. The standard InChI is InChI=1S/C24H23ClF4N2O3/c25-20-6-14(24(27,28)29)10-30-22(20)34-17-7-15-3-4-16(8-17)31(15)11-13-5-21(26)19(23(32)33)9-18(13)12-1-2-12/h5-6,9-10,12,15-17H,1-4,7-8,11H2,(H,32,33)/t15-,16+,17+. The van der Waals surface area contributed by atoms with Gasteiger partial charge in [0, 0.05) is 24.8 Å². The number of aromatic carboxylic acids is 1. The summed E-state index contributed by atoms with van der Waals surface area (Å²) in [7, 11) is 0. The Hall–Kier alpha value is -2.39. The van der Waals surface area contributed by atoms with E-state index in [1.54, 1.807) is 0 Å². The number of rotatable bonds is 6. The molecule has 182 valence electrons. The van der Waals surface area contributed by atoms with Gasteiger partial charge in [-0.25, -0.2) is 14.2 Å². The molecule has 0 radical (unpaired) electrons. The van der Waals surface area contributed by atoms with E-state index in [0.29, 0.717) is 19.4 Å². The molecule has 1 aromatic carbocycles. The molecule has 2 bridgehead atoms. The first-order valence-electron chi connectivity index (χ1n) is 11.3. The first kappa shape index (κ1) is 23.4. The number of halogens is 5. The molecule has 2 aliphatic heterocycles. The van der Waals surface area contributed by atoms with Crippen molar-refractivity contribution in [2.45, 2.75) is 75.4 Å². The van der Waals surface area contributed by atoms with Crippen LogP contribution in [-0.2, 0) is 12.7 Å². The van der Waals surface area contributed by atoms with Gasteiger partial charge in [0.2, 0.25) is 5.88 Å². The highest BCUT2D eigenvalue weighted by atomic mass is 35.5. The fraction of sp³-hybridized carbons (Fsp3) is 0.500. The van der Waals surface area contributed by atoms with Gasteiger partial charge in [0.15, 0.2) is 0 Å². The third-order valence-electron chi connectivity index (χ3n) is 7.08. The van der Waals surface area contributed by atoms with E-state index in [0.717, 1.165) is 49.1 Å². The number of nitrogens with zero attached hydrogens (tertiary/aromatic N) is 2. The second kappa shape index (κ2) is 8.68. The summed E-state index contributed by atoms with van der Waals surface area (Å²) in [5, 5.41) is 9.12. The van der Waals surface area contributed by atoms with Gasteiger partial charge in [0.25, 0.3) is 0 Å². The third-order valence-corrected chi connectivity index (χ3v) is 7.35. The van der Waals surface area contributed by atoms with Crippen molar-refractivity contribution in [3.63, 3.8) is 0 Å². The molecule has 0 unspecified atom stereocenters. The van der Waals surface area contributed by atoms with Crippen LogP contribution in [0.2, 0.25) is 5.02 Å². The lowest BCUT2D eigenvalue weighted by molar-refractivity contribution is -0.137. The lowest BCUT2D eigenvalue weighted by atomic mass is 9.95. The van der Waals surface area contributed by atoms with Gasteiger partial charge in [-0.2, -0.15) is 13.2 Å². The van der Waals surface area contributed by atoms with Crippen molar-refractivity contribution in [3.05, 3.63) is 57.5 Å². The van der Waals surface area contributed by atoms with E-state index in [1.807, 2.05) is 0 Å². The number of carboxylic acids is 1. The fourth-order valence-corrected chi connectivity index (χ4v) is 5.52. The van der Waals surface area contributed by atoms with Crippen LogP contribution >= 0.6 is 11.6 Å². The quantitative estimate of drug-likeness (QED) is 0.492. The molecular weight excluding hydrogens is 476 g/mol. The monoisotopic (exact) mass is 498 g/mol. The largest absolute Gasteiger partial charge is 0.478 e. The first-order chi connectivity index (χ1) is 16.1. The molecule has 2 saturated heterocycles. The summed E-state index contributed by atoms with van der Waals surface area (Å²) in [5.41, 5.74) is 0.528. The fourth-order valence-electron chi connectivity index (χ4n) is 5.31. The number of pyridine rings is 1. The lowest BCUT2D eigenvalue weighted by Crippen LogP contribution is -2.46. The Kier molecular flexibility index (Phi) is 5.96. The Morgan fingerprint density at radius 3 is 2.38 bits per heavy atom. The van der Waals surface area contributed by atoms with Crippen molar-refractivity contribution in [1.82, 2.24) is 9.88 Å². The molecular formula is C24H23ClF4N2O3. The molecule has 34 heavy (non-hydrogen) atoms. The van der Waals surface area contributed by atoms with Crippen LogP contribution in [0.4, 0.5) is 17.6 Å². The predicted molar refractivity (Wildman–Crippen MR) is 116 cm³/mol. The number of benzene rings is 1. The Balaban J connectivity index is 1.30. The van der Waals surface area contributed by atoms with Gasteiger partial charge in [-0.05, 0) is 73.8 Å². The average Bonchev–Trinajstić information content (AvgIpc) is 3.56. The number of carbonyl (C=O) groups is 1. The Morgan fingerprint density at radius 1 is 1.15 bits per heavy atom. The zero-order valence-electron chi connectivity index (χ0n) is 18.1. The second-order valence-corrected chi connectivity index (χ2v) is 9.79. The Morgan fingerprint density at radius 2 is 1.82 bits per heavy atom. The third kappa shape index (κ3) is 4.60. The first-order valence-corrected chi connectivity index (χ1v) is 11.7. The Labute approximate surface area is 198 Å². The number of ether oxygens (including phenoxy) is 1. The van der Waals surface area contributed by atoms with Gasteiger partial charge in [-0.3, -0.25) is 4.90 Å². The highest BCUT2D eigenvalue weighted by Crippen LogP contribution is 2.45. The van der Waals surface area contributed by atoms with Crippen LogP contribution in [0.3, 0.4) is 0 Å². The molecule has 5 nitrogen and oxygen atoms in total. The minimum atomic E-state index is -4.53. The van der Waals surface area contributed by atoms with Crippen molar-refractivity contribution in [3.8, 4) is 5.88 Å². The minimum Gasteiger partial charge on any atom is -0.478 e. The number of carboxylic acid groups (broad SMARTS) is 1. The zero-order valence-corrected chi connectivity index (χ0v) is 18.9. The van der Waals surface area contributed by atoms with Crippen molar-refractivity contribution < 1.29 is 32.2 Å². The topological polar surface area (TPSA) is 62.7 Å². The van der Waals surface area contributed by atoms with Crippen molar-refractivity contribution in [1.29, 1.82) is 0 Å². The van der Waals surface area contributed by atoms with Crippen LogP contribution in [0.1, 0.15) is 71.5 Å². The second-order valence-electron chi connectivity index (χ2n) is 9.39. The van der Waals surface area contributed by atoms with Gasteiger partial charge in [0.1, 0.15) is 16.9 Å². The number of piperidine rings is 1. The molecule has 1 aliphatic carbocycles. The van der Waals surface area contributed by atoms with E-state index in [1.165, 1.54) is 12.1 Å². The van der Waals surface area contributed by atoms with Crippen LogP contribution in [0, 0.1) is 5.82 Å². The van der Waals surface area contributed by atoms with Gasteiger partial charge in [-0.1, -0.05) is 11.6 Å². The van der Waals surface area contributed by atoms with Crippen molar-refractivity contribution >= 4 is 17.6 Å². The van der Waals surface area contributed by atoms with E-state index in [-0.39, 0.29) is 40.6 Å². The minimum absolute atomic E-state index is 0.00475. The summed E-state index contributed by atoms with van der Waals surface area (Å²) in [6, 6.07) is 4.02. The number of fused-ring (bicyclic) bond motifs is 2. The summed E-state index contributed by atoms with van der Waals surface area (Å²) in [6.07, 6.45) is 1.10. The molecule has 0 amide bonds. The summed E-state index contributed by atoms with van der Waals surface area (Å²) in [6.45, 7) is 0.532. The predicted octanol–water partition coefficient (Wildman–Crippen LogP) is 6.04. The van der Waals surface area contributed by atoms with Crippen molar-refractivity contribution in [2.24, 2.45) is 0 Å². The molecule has 5 rings (SSSR count). The van der Waals surface area contributed by atoms with Gasteiger partial charge < -0.3 is 9.84 Å². The number of aromatic nitrogens is 1. The number of hydrogen-bond acceptors (Lipinski definition) is 4. The van der Waals surface area contributed by atoms with Crippen molar-refractivity contribution in [2.75, 3.05) is 0 Å². The van der Waals surface area contributed by atoms with E-state index in [2.05, 4.69) is 9.88 Å². The maximum absolute atomic E-state index is 14.5. The Bertz CT molecular complexity index is 1110. The molecule has 10 heteroatoms.